The van der Waals surface area contributed by atoms with Crippen LogP contribution in [0.3, 0.4) is 0 Å². The number of methoxy groups -OCH3 is 1. The van der Waals surface area contributed by atoms with Gasteiger partial charge >= 0.3 is 0 Å². The Balaban J connectivity index is 1.50. The van der Waals surface area contributed by atoms with Crippen molar-refractivity contribution in [2.45, 2.75) is 45.6 Å². The molecular weight excluding hydrogens is 502 g/mol. The number of nitrogens with zero attached hydrogens (tertiary/aromatic N) is 1. The van der Waals surface area contributed by atoms with Crippen molar-refractivity contribution in [3.05, 3.63) is 62.5 Å². The van der Waals surface area contributed by atoms with E-state index in [1.807, 2.05) is 37.3 Å². The molecule has 0 N–H and O–H groups in total. The van der Waals surface area contributed by atoms with Gasteiger partial charge in [-0.3, -0.25) is 14.5 Å². The number of hydrogen-bond acceptors (Lipinski definition) is 5. The highest BCUT2D eigenvalue weighted by Gasteiger charge is 2.36. The van der Waals surface area contributed by atoms with E-state index in [9.17, 15) is 9.59 Å². The van der Waals surface area contributed by atoms with E-state index in [2.05, 4.69) is 22.0 Å². The van der Waals surface area contributed by atoms with Crippen molar-refractivity contribution in [3.63, 3.8) is 0 Å². The number of ether oxygens (including phenoxy) is 2. The largest absolute Gasteiger partial charge is 0.493 e. The summed E-state index contributed by atoms with van der Waals surface area (Å²) >= 11 is 4.59. The smallest absolute Gasteiger partial charge is 0.293 e. The maximum Gasteiger partial charge on any atom is 0.293 e. The fourth-order valence-corrected chi connectivity index (χ4v) is 5.78. The average molecular weight is 530 g/mol. The molecule has 1 aliphatic carbocycles. The number of benzene rings is 2. The molecule has 2 amide bonds. The standard InChI is InChI=1S/C26H28BrNO4S/c1-17-7-6-10-19(11-17)16-32-24-21(27)12-20(13-22(24)31-2)14-23-25(29)28(26(30)33-23)15-18-8-4-3-5-9-18/h6-7,10-14,18H,3-5,8-9,15-16H2,1-2H3/b23-14+. The summed E-state index contributed by atoms with van der Waals surface area (Å²) in [5.74, 6) is 1.38. The zero-order valence-corrected chi connectivity index (χ0v) is 21.3. The van der Waals surface area contributed by atoms with E-state index in [-0.39, 0.29) is 11.1 Å². The summed E-state index contributed by atoms with van der Waals surface area (Å²) in [4.78, 5) is 27.3. The van der Waals surface area contributed by atoms with Gasteiger partial charge in [-0.1, -0.05) is 49.1 Å². The second kappa shape index (κ2) is 10.8. The van der Waals surface area contributed by atoms with Gasteiger partial charge in [0.1, 0.15) is 6.61 Å². The van der Waals surface area contributed by atoms with E-state index in [4.69, 9.17) is 9.47 Å². The normalized spacial score (nSPS) is 18.3. The van der Waals surface area contributed by atoms with Crippen LogP contribution in [0.4, 0.5) is 4.79 Å². The number of rotatable bonds is 7. The Kier molecular flexibility index (Phi) is 7.81. The van der Waals surface area contributed by atoms with Crippen molar-refractivity contribution < 1.29 is 19.1 Å². The van der Waals surface area contributed by atoms with Crippen molar-refractivity contribution in [2.24, 2.45) is 5.92 Å². The van der Waals surface area contributed by atoms with Gasteiger partial charge < -0.3 is 9.47 Å². The van der Waals surface area contributed by atoms with Crippen molar-refractivity contribution in [1.82, 2.24) is 4.90 Å². The van der Waals surface area contributed by atoms with Gasteiger partial charge in [-0.05, 0) is 82.7 Å². The molecule has 2 aliphatic rings. The molecule has 1 heterocycles. The Hall–Kier alpha value is -2.25. The van der Waals surface area contributed by atoms with Gasteiger partial charge in [0.25, 0.3) is 11.1 Å². The first-order chi connectivity index (χ1) is 15.9. The molecule has 7 heteroatoms. The quantitative estimate of drug-likeness (QED) is 0.362. The number of halogens is 1. The van der Waals surface area contributed by atoms with Crippen LogP contribution >= 0.6 is 27.7 Å². The van der Waals surface area contributed by atoms with E-state index in [1.165, 1.54) is 29.7 Å². The molecule has 1 aliphatic heterocycles. The zero-order chi connectivity index (χ0) is 23.4. The highest BCUT2D eigenvalue weighted by molar-refractivity contribution is 9.10. The molecule has 0 atom stereocenters. The summed E-state index contributed by atoms with van der Waals surface area (Å²) in [6.45, 7) is 2.99. The highest BCUT2D eigenvalue weighted by Crippen LogP contribution is 2.40. The second-order valence-electron chi connectivity index (χ2n) is 8.61. The molecule has 0 unspecified atom stereocenters. The minimum absolute atomic E-state index is 0.180. The van der Waals surface area contributed by atoms with E-state index in [1.54, 1.807) is 13.2 Å². The SMILES string of the molecule is COc1cc(/C=C2/SC(=O)N(CC3CCCCC3)C2=O)cc(Br)c1OCc1cccc(C)c1. The number of carbonyl (C=O) groups is 2. The molecule has 0 spiro atoms. The molecule has 2 fully saturated rings. The molecular formula is C26H28BrNO4S. The lowest BCUT2D eigenvalue weighted by Gasteiger charge is -2.25. The van der Waals surface area contributed by atoms with Crippen LogP contribution in [0.1, 0.15) is 48.8 Å². The lowest BCUT2D eigenvalue weighted by molar-refractivity contribution is -0.123. The van der Waals surface area contributed by atoms with Gasteiger partial charge in [0.2, 0.25) is 0 Å². The summed E-state index contributed by atoms with van der Waals surface area (Å²) in [7, 11) is 1.59. The first-order valence-electron chi connectivity index (χ1n) is 11.3. The van der Waals surface area contributed by atoms with Crippen molar-refractivity contribution in [2.75, 3.05) is 13.7 Å². The van der Waals surface area contributed by atoms with E-state index >= 15 is 0 Å². The molecule has 33 heavy (non-hydrogen) atoms. The van der Waals surface area contributed by atoms with Crippen LogP contribution in [-0.2, 0) is 11.4 Å². The molecule has 1 saturated carbocycles. The third-order valence-electron chi connectivity index (χ3n) is 6.05. The summed E-state index contributed by atoms with van der Waals surface area (Å²) in [6, 6.07) is 11.9. The molecule has 174 valence electrons. The maximum atomic E-state index is 12.9. The van der Waals surface area contributed by atoms with Crippen molar-refractivity contribution in [1.29, 1.82) is 0 Å². The third-order valence-corrected chi connectivity index (χ3v) is 7.55. The van der Waals surface area contributed by atoms with Gasteiger partial charge in [0.15, 0.2) is 11.5 Å². The predicted molar refractivity (Wildman–Crippen MR) is 135 cm³/mol. The molecule has 5 nitrogen and oxygen atoms in total. The Morgan fingerprint density at radius 2 is 1.94 bits per heavy atom. The van der Waals surface area contributed by atoms with Gasteiger partial charge in [-0.2, -0.15) is 0 Å². The van der Waals surface area contributed by atoms with Crippen LogP contribution in [-0.4, -0.2) is 29.7 Å². The molecule has 0 bridgehead atoms. The van der Waals surface area contributed by atoms with Crippen LogP contribution in [0, 0.1) is 12.8 Å². The average Bonchev–Trinajstić information content (AvgIpc) is 3.06. The van der Waals surface area contributed by atoms with Crippen LogP contribution in [0.2, 0.25) is 0 Å². The van der Waals surface area contributed by atoms with Crippen LogP contribution in [0.25, 0.3) is 6.08 Å². The van der Waals surface area contributed by atoms with Crippen LogP contribution < -0.4 is 9.47 Å². The highest BCUT2D eigenvalue weighted by atomic mass is 79.9. The first-order valence-corrected chi connectivity index (χ1v) is 12.9. The van der Waals surface area contributed by atoms with E-state index < -0.39 is 0 Å². The Labute approximate surface area is 207 Å². The zero-order valence-electron chi connectivity index (χ0n) is 18.9. The van der Waals surface area contributed by atoms with Crippen LogP contribution in [0.15, 0.2) is 45.8 Å². The van der Waals surface area contributed by atoms with E-state index in [0.29, 0.717) is 35.5 Å². The molecule has 4 rings (SSSR count). The summed E-state index contributed by atoms with van der Waals surface area (Å²) in [6.07, 6.45) is 7.55. The minimum atomic E-state index is -0.203. The molecule has 0 aromatic heterocycles. The Morgan fingerprint density at radius 1 is 1.15 bits per heavy atom. The summed E-state index contributed by atoms with van der Waals surface area (Å²) < 4.78 is 12.3. The maximum absolute atomic E-state index is 12.9. The van der Waals surface area contributed by atoms with Crippen molar-refractivity contribution in [3.8, 4) is 11.5 Å². The predicted octanol–water partition coefficient (Wildman–Crippen LogP) is 6.96. The first kappa shape index (κ1) is 23.9. The lowest BCUT2D eigenvalue weighted by Crippen LogP contribution is -2.34. The Bertz CT molecular complexity index is 1080. The summed E-state index contributed by atoms with van der Waals surface area (Å²) in [5, 5.41) is -0.180. The van der Waals surface area contributed by atoms with Crippen LogP contribution in [0.5, 0.6) is 11.5 Å². The van der Waals surface area contributed by atoms with Crippen molar-refractivity contribution >= 4 is 44.9 Å². The molecule has 0 radical (unpaired) electrons. The van der Waals surface area contributed by atoms with Gasteiger partial charge in [0, 0.05) is 6.54 Å². The number of thioether (sulfide) groups is 1. The number of amides is 2. The fourth-order valence-electron chi connectivity index (χ4n) is 4.36. The number of carbonyl (C=O) groups excluding carboxylic acids is 2. The van der Waals surface area contributed by atoms with Gasteiger partial charge in [-0.25, -0.2) is 0 Å². The monoisotopic (exact) mass is 529 g/mol. The van der Waals surface area contributed by atoms with Gasteiger partial charge in [0.05, 0.1) is 16.5 Å². The fraction of sp³-hybridized carbons (Fsp3) is 0.385. The number of aryl methyl sites for hydroxylation is 1. The Morgan fingerprint density at radius 3 is 2.67 bits per heavy atom. The van der Waals surface area contributed by atoms with E-state index in [0.717, 1.165) is 40.2 Å². The topological polar surface area (TPSA) is 55.8 Å². The minimum Gasteiger partial charge on any atom is -0.493 e. The summed E-state index contributed by atoms with van der Waals surface area (Å²) in [5.41, 5.74) is 3.01. The number of imide groups is 1. The van der Waals surface area contributed by atoms with Gasteiger partial charge in [-0.15, -0.1) is 0 Å². The molecule has 2 aromatic carbocycles. The molecule has 1 saturated heterocycles. The third kappa shape index (κ3) is 5.82. The molecule has 2 aromatic rings. The second-order valence-corrected chi connectivity index (χ2v) is 10.5. The number of hydrogen-bond donors (Lipinski definition) is 0. The lowest BCUT2D eigenvalue weighted by atomic mass is 9.89.